The minimum absolute atomic E-state index is 0.0383. The van der Waals surface area contributed by atoms with E-state index in [9.17, 15) is 9.59 Å². The molecular weight excluding hydrogens is 358 g/mol. The third-order valence-electron chi connectivity index (χ3n) is 5.91. The molecule has 0 aromatic carbocycles. The van der Waals surface area contributed by atoms with E-state index in [1.165, 1.54) is 94.8 Å². The van der Waals surface area contributed by atoms with Crippen LogP contribution in [0.2, 0.25) is 0 Å². The van der Waals surface area contributed by atoms with Crippen LogP contribution in [0.5, 0.6) is 0 Å². The normalized spacial score (nSPS) is 11.0. The molecule has 0 spiro atoms. The predicted octanol–water partition coefficient (Wildman–Crippen LogP) is 8.20. The molecule has 0 aromatic rings. The van der Waals surface area contributed by atoms with Gasteiger partial charge in [0.15, 0.2) is 0 Å². The maximum atomic E-state index is 12.4. The largest absolute Gasteiger partial charge is 0.283 e. The Morgan fingerprint density at radius 3 is 1.00 bits per heavy atom. The molecule has 0 saturated carbocycles. The van der Waals surface area contributed by atoms with Crippen molar-refractivity contribution in [1.82, 2.24) is 4.90 Å². The van der Waals surface area contributed by atoms with E-state index >= 15 is 0 Å². The highest BCUT2D eigenvalue weighted by molar-refractivity contribution is 5.95. The Hall–Kier alpha value is -0.860. The third kappa shape index (κ3) is 17.7. The van der Waals surface area contributed by atoms with Gasteiger partial charge in [-0.2, -0.15) is 0 Å². The van der Waals surface area contributed by atoms with Gasteiger partial charge in [0.25, 0.3) is 0 Å². The van der Waals surface area contributed by atoms with Crippen LogP contribution in [0.15, 0.2) is 0 Å². The lowest BCUT2D eigenvalue weighted by molar-refractivity contribution is -0.144. The number of carbonyl (C=O) groups is 2. The van der Waals surface area contributed by atoms with Gasteiger partial charge in [-0.1, -0.05) is 117 Å². The van der Waals surface area contributed by atoms with E-state index in [0.29, 0.717) is 19.4 Å². The van der Waals surface area contributed by atoms with Crippen molar-refractivity contribution in [2.75, 3.05) is 6.54 Å². The first-order valence-corrected chi connectivity index (χ1v) is 13.0. The standard InChI is InChI=1S/C26H51NO2/c1-4-7-9-11-13-15-17-19-21-23-25(28)27(6-3)26(29)24-22-20-18-16-14-12-10-8-5-2/h4-24H2,1-3H3. The summed E-state index contributed by atoms with van der Waals surface area (Å²) in [6.07, 6.45) is 23.5. The van der Waals surface area contributed by atoms with Gasteiger partial charge in [0.1, 0.15) is 0 Å². The maximum absolute atomic E-state index is 12.4. The highest BCUT2D eigenvalue weighted by Crippen LogP contribution is 2.13. The van der Waals surface area contributed by atoms with Gasteiger partial charge in [0.05, 0.1) is 0 Å². The summed E-state index contributed by atoms with van der Waals surface area (Å²) in [5.41, 5.74) is 0. The monoisotopic (exact) mass is 409 g/mol. The van der Waals surface area contributed by atoms with E-state index in [1.807, 2.05) is 6.92 Å². The zero-order valence-corrected chi connectivity index (χ0v) is 20.1. The Bertz CT molecular complexity index is 347. The van der Waals surface area contributed by atoms with Gasteiger partial charge in [0, 0.05) is 19.4 Å². The van der Waals surface area contributed by atoms with Crippen LogP contribution in [0.3, 0.4) is 0 Å². The van der Waals surface area contributed by atoms with Gasteiger partial charge in [-0.3, -0.25) is 14.5 Å². The summed E-state index contributed by atoms with van der Waals surface area (Å²) in [5.74, 6) is 0.0766. The lowest BCUT2D eigenvalue weighted by Crippen LogP contribution is -2.36. The quantitative estimate of drug-likeness (QED) is 0.179. The number of carbonyl (C=O) groups excluding carboxylic acids is 2. The first-order valence-electron chi connectivity index (χ1n) is 13.0. The molecule has 0 aliphatic heterocycles. The number of hydrogen-bond acceptors (Lipinski definition) is 2. The molecule has 3 heteroatoms. The summed E-state index contributed by atoms with van der Waals surface area (Å²) in [5, 5.41) is 0. The molecule has 0 atom stereocenters. The minimum atomic E-state index is 0.0383. The van der Waals surface area contributed by atoms with Crippen molar-refractivity contribution in [2.24, 2.45) is 0 Å². The number of nitrogens with zero attached hydrogens (tertiary/aromatic N) is 1. The fraction of sp³-hybridized carbons (Fsp3) is 0.923. The van der Waals surface area contributed by atoms with Gasteiger partial charge < -0.3 is 0 Å². The van der Waals surface area contributed by atoms with Crippen molar-refractivity contribution >= 4 is 11.8 Å². The number of unbranched alkanes of at least 4 members (excludes halogenated alkanes) is 16. The molecule has 0 saturated heterocycles. The highest BCUT2D eigenvalue weighted by atomic mass is 16.2. The smallest absolute Gasteiger partial charge is 0.229 e. The molecule has 0 heterocycles. The van der Waals surface area contributed by atoms with Crippen LogP contribution in [-0.4, -0.2) is 23.3 Å². The van der Waals surface area contributed by atoms with Crippen LogP contribution in [0.25, 0.3) is 0 Å². The van der Waals surface area contributed by atoms with Gasteiger partial charge in [-0.25, -0.2) is 0 Å². The average Bonchev–Trinajstić information content (AvgIpc) is 2.72. The van der Waals surface area contributed by atoms with E-state index < -0.39 is 0 Å². The second-order valence-electron chi connectivity index (χ2n) is 8.69. The summed E-state index contributed by atoms with van der Waals surface area (Å²) >= 11 is 0. The molecule has 0 N–H and O–H groups in total. The van der Waals surface area contributed by atoms with E-state index in [-0.39, 0.29) is 11.8 Å². The molecule has 0 unspecified atom stereocenters. The SMILES string of the molecule is CCCCCCCCCCCC(=O)N(CC)C(=O)CCCCCCCCCCC. The highest BCUT2D eigenvalue weighted by Gasteiger charge is 2.18. The first-order chi connectivity index (χ1) is 14.2. The summed E-state index contributed by atoms with van der Waals surface area (Å²) in [6, 6.07) is 0. The van der Waals surface area contributed by atoms with Crippen molar-refractivity contribution < 1.29 is 9.59 Å². The second kappa shape index (κ2) is 21.8. The molecule has 3 nitrogen and oxygen atoms in total. The molecule has 0 aliphatic rings. The molecule has 172 valence electrons. The Labute approximate surface area is 182 Å². The average molecular weight is 410 g/mol. The Kier molecular flexibility index (Phi) is 21.2. The molecule has 29 heavy (non-hydrogen) atoms. The summed E-state index contributed by atoms with van der Waals surface area (Å²) in [7, 11) is 0. The summed E-state index contributed by atoms with van der Waals surface area (Å²) < 4.78 is 0. The van der Waals surface area contributed by atoms with Crippen molar-refractivity contribution in [2.45, 2.75) is 149 Å². The van der Waals surface area contributed by atoms with Crippen LogP contribution in [0, 0.1) is 0 Å². The van der Waals surface area contributed by atoms with Gasteiger partial charge >= 0.3 is 0 Å². The van der Waals surface area contributed by atoms with Crippen LogP contribution < -0.4 is 0 Å². The predicted molar refractivity (Wildman–Crippen MR) is 126 cm³/mol. The maximum Gasteiger partial charge on any atom is 0.229 e. The Balaban J connectivity index is 3.69. The van der Waals surface area contributed by atoms with Crippen LogP contribution >= 0.6 is 0 Å². The lowest BCUT2D eigenvalue weighted by atomic mass is 10.1. The first kappa shape index (κ1) is 28.1. The molecule has 0 aromatic heterocycles. The van der Waals surface area contributed by atoms with Gasteiger partial charge in [-0.15, -0.1) is 0 Å². The second-order valence-corrected chi connectivity index (χ2v) is 8.69. The van der Waals surface area contributed by atoms with Crippen LogP contribution in [0.4, 0.5) is 0 Å². The zero-order chi connectivity index (χ0) is 21.6. The molecular formula is C26H51NO2. The fourth-order valence-electron chi connectivity index (χ4n) is 3.94. The summed E-state index contributed by atoms with van der Waals surface area (Å²) in [6.45, 7) is 6.94. The van der Waals surface area contributed by atoms with Crippen LogP contribution in [0.1, 0.15) is 149 Å². The number of hydrogen-bond donors (Lipinski definition) is 0. The van der Waals surface area contributed by atoms with Gasteiger partial charge in [0.2, 0.25) is 11.8 Å². The Morgan fingerprint density at radius 1 is 0.448 bits per heavy atom. The molecule has 2 amide bonds. The van der Waals surface area contributed by atoms with E-state index in [1.54, 1.807) is 0 Å². The molecule has 0 bridgehead atoms. The van der Waals surface area contributed by atoms with E-state index in [2.05, 4.69) is 13.8 Å². The lowest BCUT2D eigenvalue weighted by Gasteiger charge is -2.19. The molecule has 0 radical (unpaired) electrons. The van der Waals surface area contributed by atoms with Crippen molar-refractivity contribution in [3.8, 4) is 0 Å². The summed E-state index contributed by atoms with van der Waals surface area (Å²) in [4.78, 5) is 26.3. The van der Waals surface area contributed by atoms with Crippen molar-refractivity contribution in [3.63, 3.8) is 0 Å². The van der Waals surface area contributed by atoms with E-state index in [0.717, 1.165) is 25.7 Å². The van der Waals surface area contributed by atoms with Gasteiger partial charge in [-0.05, 0) is 19.8 Å². The molecule has 0 rings (SSSR count). The third-order valence-corrected chi connectivity index (χ3v) is 5.91. The zero-order valence-electron chi connectivity index (χ0n) is 20.1. The fourth-order valence-corrected chi connectivity index (χ4v) is 3.94. The van der Waals surface area contributed by atoms with Crippen molar-refractivity contribution in [1.29, 1.82) is 0 Å². The topological polar surface area (TPSA) is 37.4 Å². The molecule has 0 fully saturated rings. The number of rotatable bonds is 21. The molecule has 0 aliphatic carbocycles. The minimum Gasteiger partial charge on any atom is -0.283 e. The van der Waals surface area contributed by atoms with Crippen LogP contribution in [-0.2, 0) is 9.59 Å². The van der Waals surface area contributed by atoms with E-state index in [4.69, 9.17) is 0 Å². The van der Waals surface area contributed by atoms with Crippen molar-refractivity contribution in [3.05, 3.63) is 0 Å². The number of amides is 2. The number of imide groups is 1. The Morgan fingerprint density at radius 2 is 0.724 bits per heavy atom.